The van der Waals surface area contributed by atoms with Crippen LogP contribution in [0.1, 0.15) is 50.2 Å². The molecule has 0 N–H and O–H groups in total. The molecule has 2 saturated heterocycles. The van der Waals surface area contributed by atoms with Crippen LogP contribution in [0.5, 0.6) is 0 Å². The standard InChI is InChI=1S/C16H24N4O3/c1-11-9-13(16(21)22-11)20-6-2-5-19(7-8-20)10-14-17-15(23-18-14)12-3-4-12/h11-13H,2-10H2,1H3/t11-,13+/m1/s1. The lowest BCUT2D eigenvalue weighted by molar-refractivity contribution is -0.144. The van der Waals surface area contributed by atoms with E-state index in [0.717, 1.165) is 57.3 Å². The van der Waals surface area contributed by atoms with Crippen LogP contribution < -0.4 is 0 Å². The molecule has 2 aliphatic heterocycles. The van der Waals surface area contributed by atoms with Gasteiger partial charge in [-0.1, -0.05) is 5.16 Å². The van der Waals surface area contributed by atoms with Gasteiger partial charge in [-0.25, -0.2) is 0 Å². The molecule has 0 amide bonds. The summed E-state index contributed by atoms with van der Waals surface area (Å²) in [6, 6.07) is -0.0587. The molecule has 3 fully saturated rings. The van der Waals surface area contributed by atoms with Gasteiger partial charge in [0.25, 0.3) is 0 Å². The average molecular weight is 320 g/mol. The zero-order valence-corrected chi connectivity index (χ0v) is 13.6. The first-order valence-electron chi connectivity index (χ1n) is 8.68. The number of aromatic nitrogens is 2. The summed E-state index contributed by atoms with van der Waals surface area (Å²) in [4.78, 5) is 21.1. The van der Waals surface area contributed by atoms with Gasteiger partial charge in [-0.3, -0.25) is 14.6 Å². The van der Waals surface area contributed by atoms with Crippen molar-refractivity contribution in [3.63, 3.8) is 0 Å². The number of rotatable bonds is 4. The Morgan fingerprint density at radius 1 is 1.22 bits per heavy atom. The van der Waals surface area contributed by atoms with Gasteiger partial charge in [0.1, 0.15) is 12.1 Å². The highest BCUT2D eigenvalue weighted by molar-refractivity contribution is 5.77. The average Bonchev–Trinajstić information content (AvgIpc) is 3.23. The van der Waals surface area contributed by atoms with Gasteiger partial charge in [-0.05, 0) is 32.7 Å². The molecule has 3 heterocycles. The van der Waals surface area contributed by atoms with Gasteiger partial charge in [-0.15, -0.1) is 0 Å². The minimum absolute atomic E-state index is 0.0482. The topological polar surface area (TPSA) is 71.7 Å². The molecule has 7 nitrogen and oxygen atoms in total. The van der Waals surface area contributed by atoms with Crippen molar-refractivity contribution >= 4 is 5.97 Å². The van der Waals surface area contributed by atoms with Crippen LogP contribution in [0.2, 0.25) is 0 Å². The molecule has 2 atom stereocenters. The van der Waals surface area contributed by atoms with Crippen molar-refractivity contribution in [3.05, 3.63) is 11.7 Å². The molecule has 23 heavy (non-hydrogen) atoms. The summed E-state index contributed by atoms with van der Waals surface area (Å²) in [7, 11) is 0. The first-order valence-corrected chi connectivity index (χ1v) is 8.68. The van der Waals surface area contributed by atoms with Gasteiger partial charge < -0.3 is 9.26 Å². The van der Waals surface area contributed by atoms with Crippen molar-refractivity contribution in [2.75, 3.05) is 26.2 Å². The zero-order chi connectivity index (χ0) is 15.8. The molecular weight excluding hydrogens is 296 g/mol. The van der Waals surface area contributed by atoms with Crippen molar-refractivity contribution < 1.29 is 14.1 Å². The highest BCUT2D eigenvalue weighted by Crippen LogP contribution is 2.38. The van der Waals surface area contributed by atoms with E-state index in [2.05, 4.69) is 19.9 Å². The number of hydrogen-bond acceptors (Lipinski definition) is 7. The second-order valence-corrected chi connectivity index (χ2v) is 6.99. The Morgan fingerprint density at radius 2 is 2.09 bits per heavy atom. The van der Waals surface area contributed by atoms with E-state index >= 15 is 0 Å². The van der Waals surface area contributed by atoms with Crippen LogP contribution in [0.15, 0.2) is 4.52 Å². The molecule has 1 aromatic rings. The number of carbonyl (C=O) groups excluding carboxylic acids is 1. The summed E-state index contributed by atoms with van der Waals surface area (Å²) in [6.07, 6.45) is 4.26. The number of nitrogens with zero attached hydrogens (tertiary/aromatic N) is 4. The molecular formula is C16H24N4O3. The lowest BCUT2D eigenvalue weighted by Gasteiger charge is -2.24. The quantitative estimate of drug-likeness (QED) is 0.771. The van der Waals surface area contributed by atoms with Crippen LogP contribution in [0.4, 0.5) is 0 Å². The van der Waals surface area contributed by atoms with Crippen molar-refractivity contribution in [2.45, 2.75) is 57.2 Å². The van der Waals surface area contributed by atoms with Crippen molar-refractivity contribution in [1.29, 1.82) is 0 Å². The van der Waals surface area contributed by atoms with Gasteiger partial charge in [0.15, 0.2) is 5.82 Å². The number of ether oxygens (including phenoxy) is 1. The number of cyclic esters (lactones) is 1. The van der Waals surface area contributed by atoms with Crippen molar-refractivity contribution in [1.82, 2.24) is 19.9 Å². The lowest BCUT2D eigenvalue weighted by Crippen LogP contribution is -2.41. The van der Waals surface area contributed by atoms with Crippen molar-refractivity contribution in [2.24, 2.45) is 0 Å². The van der Waals surface area contributed by atoms with Gasteiger partial charge in [0.2, 0.25) is 5.89 Å². The smallest absolute Gasteiger partial charge is 0.323 e. The molecule has 0 spiro atoms. The maximum atomic E-state index is 11.9. The second-order valence-electron chi connectivity index (χ2n) is 6.99. The number of hydrogen-bond donors (Lipinski definition) is 0. The van der Waals surface area contributed by atoms with E-state index in [4.69, 9.17) is 9.26 Å². The van der Waals surface area contributed by atoms with Crippen LogP contribution in [-0.4, -0.2) is 64.2 Å². The molecule has 7 heteroatoms. The molecule has 1 aliphatic carbocycles. The van der Waals surface area contributed by atoms with Crippen LogP contribution >= 0.6 is 0 Å². The maximum Gasteiger partial charge on any atom is 0.323 e. The lowest BCUT2D eigenvalue weighted by atomic mass is 10.1. The Hall–Kier alpha value is -1.47. The van der Waals surface area contributed by atoms with Crippen LogP contribution in [0, 0.1) is 0 Å². The molecule has 1 saturated carbocycles. The summed E-state index contributed by atoms with van der Waals surface area (Å²) >= 11 is 0. The van der Waals surface area contributed by atoms with E-state index in [-0.39, 0.29) is 18.1 Å². The largest absolute Gasteiger partial charge is 0.461 e. The monoisotopic (exact) mass is 320 g/mol. The minimum atomic E-state index is -0.0587. The van der Waals surface area contributed by atoms with Gasteiger partial charge in [0, 0.05) is 32.0 Å². The third-order valence-corrected chi connectivity index (χ3v) is 4.98. The Bertz CT molecular complexity index is 571. The number of esters is 1. The third kappa shape index (κ3) is 3.40. The third-order valence-electron chi connectivity index (χ3n) is 4.98. The molecule has 0 radical (unpaired) electrons. The Morgan fingerprint density at radius 3 is 2.83 bits per heavy atom. The molecule has 4 rings (SSSR count). The fraction of sp³-hybridized carbons (Fsp3) is 0.812. The summed E-state index contributed by atoms with van der Waals surface area (Å²) in [5.41, 5.74) is 0. The normalized spacial score (nSPS) is 30.4. The molecule has 126 valence electrons. The van der Waals surface area contributed by atoms with E-state index in [1.807, 2.05) is 6.92 Å². The van der Waals surface area contributed by atoms with E-state index < -0.39 is 0 Å². The van der Waals surface area contributed by atoms with Crippen molar-refractivity contribution in [3.8, 4) is 0 Å². The highest BCUT2D eigenvalue weighted by atomic mass is 16.6. The van der Waals surface area contributed by atoms with E-state index in [0.29, 0.717) is 5.92 Å². The van der Waals surface area contributed by atoms with Gasteiger partial charge in [-0.2, -0.15) is 4.98 Å². The van der Waals surface area contributed by atoms with Crippen LogP contribution in [-0.2, 0) is 16.1 Å². The zero-order valence-electron chi connectivity index (χ0n) is 13.6. The van der Waals surface area contributed by atoms with Crippen LogP contribution in [0.25, 0.3) is 0 Å². The highest BCUT2D eigenvalue weighted by Gasteiger charge is 2.37. The Kier molecular flexibility index (Phi) is 4.07. The number of carbonyl (C=O) groups is 1. The summed E-state index contributed by atoms with van der Waals surface area (Å²) in [5, 5.41) is 4.11. The first-order chi connectivity index (χ1) is 11.2. The fourth-order valence-electron chi connectivity index (χ4n) is 3.52. The molecule has 0 bridgehead atoms. The molecule has 0 unspecified atom stereocenters. The Labute approximate surface area is 136 Å². The first kappa shape index (κ1) is 15.1. The van der Waals surface area contributed by atoms with E-state index in [1.165, 1.54) is 12.8 Å². The SMILES string of the molecule is C[C@@H]1C[C@H](N2CCCN(Cc3noc(C4CC4)n3)CC2)C(=O)O1. The summed E-state index contributed by atoms with van der Waals surface area (Å²) in [6.45, 7) is 6.46. The predicted molar refractivity (Wildman–Crippen MR) is 81.7 cm³/mol. The maximum absolute atomic E-state index is 11.9. The fourth-order valence-corrected chi connectivity index (χ4v) is 3.52. The Balaban J connectivity index is 1.32. The molecule has 1 aromatic heterocycles. The molecule has 0 aromatic carbocycles. The molecule has 3 aliphatic rings. The second kappa shape index (κ2) is 6.20. The van der Waals surface area contributed by atoms with E-state index in [1.54, 1.807) is 0 Å². The van der Waals surface area contributed by atoms with Crippen LogP contribution in [0.3, 0.4) is 0 Å². The van der Waals surface area contributed by atoms with Gasteiger partial charge in [0.05, 0.1) is 6.54 Å². The predicted octanol–water partition coefficient (Wildman–Crippen LogP) is 1.16. The van der Waals surface area contributed by atoms with Gasteiger partial charge >= 0.3 is 5.97 Å². The summed E-state index contributed by atoms with van der Waals surface area (Å²) < 4.78 is 10.6. The van der Waals surface area contributed by atoms with E-state index in [9.17, 15) is 4.79 Å². The minimum Gasteiger partial charge on any atom is -0.461 e. The summed E-state index contributed by atoms with van der Waals surface area (Å²) in [5.74, 6) is 2.04.